The van der Waals surface area contributed by atoms with E-state index in [1.54, 1.807) is 18.2 Å². The Morgan fingerprint density at radius 2 is 2.00 bits per heavy atom. The van der Waals surface area contributed by atoms with Gasteiger partial charge < -0.3 is 15.5 Å². The lowest BCUT2D eigenvalue weighted by Gasteiger charge is -2.32. The Balaban J connectivity index is 0.00000312. The molecule has 0 aliphatic carbocycles. The molecule has 0 atom stereocenters. The monoisotopic (exact) mass is 370 g/mol. The smallest absolute Gasteiger partial charge is 0.292 e. The van der Waals surface area contributed by atoms with Gasteiger partial charge >= 0.3 is 0 Å². The van der Waals surface area contributed by atoms with E-state index < -0.39 is 4.92 Å². The number of rotatable bonds is 8. The lowest BCUT2D eigenvalue weighted by Crippen LogP contribution is -2.41. The number of benzene rings is 1. The van der Waals surface area contributed by atoms with E-state index in [0.29, 0.717) is 24.6 Å². The van der Waals surface area contributed by atoms with Crippen molar-refractivity contribution < 1.29 is 9.72 Å². The van der Waals surface area contributed by atoms with Crippen LogP contribution in [-0.2, 0) is 4.79 Å². The van der Waals surface area contributed by atoms with Crippen molar-refractivity contribution in [2.45, 2.75) is 26.2 Å². The van der Waals surface area contributed by atoms with Crippen molar-refractivity contribution in [3.05, 3.63) is 34.4 Å². The second-order valence-corrected chi connectivity index (χ2v) is 6.08. The topological polar surface area (TPSA) is 87.5 Å². The third-order valence-corrected chi connectivity index (χ3v) is 4.41. The minimum atomic E-state index is -0.417. The summed E-state index contributed by atoms with van der Waals surface area (Å²) in [6.07, 6.45) is 2.43. The Labute approximate surface area is 154 Å². The lowest BCUT2D eigenvalue weighted by molar-refractivity contribution is -0.384. The van der Waals surface area contributed by atoms with Gasteiger partial charge in [-0.3, -0.25) is 14.9 Å². The Hall–Kier alpha value is -1.86. The molecule has 1 saturated heterocycles. The van der Waals surface area contributed by atoms with Crippen LogP contribution in [0.1, 0.15) is 26.2 Å². The number of nitrogens with zero attached hydrogens (tertiary/aromatic N) is 2. The van der Waals surface area contributed by atoms with E-state index in [9.17, 15) is 14.9 Å². The second kappa shape index (κ2) is 10.9. The molecule has 2 rings (SSSR count). The summed E-state index contributed by atoms with van der Waals surface area (Å²) >= 11 is 0. The Bertz CT molecular complexity index is 563. The zero-order chi connectivity index (χ0) is 17.4. The number of nitrogens with one attached hydrogen (secondary N) is 2. The molecule has 1 aliphatic rings. The molecule has 0 radical (unpaired) electrons. The number of carbonyl (C=O) groups excluding carboxylic acids is 1. The number of nitro groups is 1. The third-order valence-electron chi connectivity index (χ3n) is 4.41. The van der Waals surface area contributed by atoms with Crippen LogP contribution >= 0.6 is 12.4 Å². The SMILES string of the molecule is CCNCC1CCN(C(=O)CCNc2ccccc2[N+](=O)[O-])CC1.Cl. The minimum Gasteiger partial charge on any atom is -0.379 e. The van der Waals surface area contributed by atoms with Crippen LogP contribution in [0.2, 0.25) is 0 Å². The zero-order valence-electron chi connectivity index (χ0n) is 14.6. The third kappa shape index (κ3) is 6.51. The van der Waals surface area contributed by atoms with Gasteiger partial charge in [0.2, 0.25) is 5.91 Å². The molecule has 7 nitrogen and oxygen atoms in total. The summed E-state index contributed by atoms with van der Waals surface area (Å²) in [5, 5.41) is 17.3. The van der Waals surface area contributed by atoms with Gasteiger partial charge in [0.05, 0.1) is 4.92 Å². The molecule has 1 fully saturated rings. The number of piperidine rings is 1. The van der Waals surface area contributed by atoms with Gasteiger partial charge in [0, 0.05) is 32.1 Å². The summed E-state index contributed by atoms with van der Waals surface area (Å²) in [4.78, 5) is 24.7. The highest BCUT2D eigenvalue weighted by molar-refractivity contribution is 5.85. The van der Waals surface area contributed by atoms with Crippen molar-refractivity contribution in [2.75, 3.05) is 38.0 Å². The van der Waals surface area contributed by atoms with Crippen LogP contribution in [0.3, 0.4) is 0 Å². The summed E-state index contributed by atoms with van der Waals surface area (Å²) in [6.45, 7) is 6.12. The molecule has 140 valence electrons. The number of likely N-dealkylation sites (tertiary alicyclic amines) is 1. The average molecular weight is 371 g/mol. The van der Waals surface area contributed by atoms with Gasteiger partial charge in [-0.1, -0.05) is 19.1 Å². The van der Waals surface area contributed by atoms with Gasteiger partial charge in [0.15, 0.2) is 0 Å². The molecule has 1 heterocycles. The van der Waals surface area contributed by atoms with E-state index >= 15 is 0 Å². The van der Waals surface area contributed by atoms with Gasteiger partial charge in [0.25, 0.3) is 5.69 Å². The maximum atomic E-state index is 12.3. The van der Waals surface area contributed by atoms with E-state index in [4.69, 9.17) is 0 Å². The number of carbonyl (C=O) groups is 1. The van der Waals surface area contributed by atoms with E-state index in [0.717, 1.165) is 39.0 Å². The number of halogens is 1. The summed E-state index contributed by atoms with van der Waals surface area (Å²) in [6, 6.07) is 6.49. The van der Waals surface area contributed by atoms with E-state index in [-0.39, 0.29) is 24.0 Å². The van der Waals surface area contributed by atoms with Crippen molar-refractivity contribution in [2.24, 2.45) is 5.92 Å². The number of anilines is 1. The standard InChI is InChI=1S/C17H26N4O3.ClH/c1-2-18-13-14-8-11-20(12-9-14)17(22)7-10-19-15-5-3-4-6-16(15)21(23)24;/h3-6,14,18-19H,2,7-13H2,1H3;1H. The largest absolute Gasteiger partial charge is 0.379 e. The number of amides is 1. The van der Waals surface area contributed by atoms with Crippen molar-refractivity contribution >= 4 is 29.7 Å². The van der Waals surface area contributed by atoms with Crippen molar-refractivity contribution in [3.8, 4) is 0 Å². The Morgan fingerprint density at radius 1 is 1.32 bits per heavy atom. The molecule has 0 bridgehead atoms. The highest BCUT2D eigenvalue weighted by atomic mass is 35.5. The van der Waals surface area contributed by atoms with Crippen LogP contribution in [0.5, 0.6) is 0 Å². The fourth-order valence-corrected chi connectivity index (χ4v) is 2.98. The quantitative estimate of drug-likeness (QED) is 0.542. The molecule has 1 aromatic carbocycles. The highest BCUT2D eigenvalue weighted by Crippen LogP contribution is 2.23. The lowest BCUT2D eigenvalue weighted by atomic mass is 9.96. The molecule has 2 N–H and O–H groups in total. The molecule has 1 amide bonds. The van der Waals surface area contributed by atoms with Gasteiger partial charge in [0.1, 0.15) is 5.69 Å². The van der Waals surface area contributed by atoms with Crippen molar-refractivity contribution in [1.29, 1.82) is 0 Å². The summed E-state index contributed by atoms with van der Waals surface area (Å²) < 4.78 is 0. The minimum absolute atomic E-state index is 0. The molecule has 0 saturated carbocycles. The van der Waals surface area contributed by atoms with Crippen LogP contribution in [0.4, 0.5) is 11.4 Å². The molecule has 1 aliphatic heterocycles. The molecular formula is C17H27ClN4O3. The van der Waals surface area contributed by atoms with Gasteiger partial charge in [-0.2, -0.15) is 0 Å². The van der Waals surface area contributed by atoms with E-state index in [1.165, 1.54) is 6.07 Å². The maximum absolute atomic E-state index is 12.3. The van der Waals surface area contributed by atoms with Crippen LogP contribution in [-0.4, -0.2) is 48.5 Å². The van der Waals surface area contributed by atoms with E-state index in [2.05, 4.69) is 17.6 Å². The molecular weight excluding hydrogens is 344 g/mol. The van der Waals surface area contributed by atoms with Crippen molar-refractivity contribution in [1.82, 2.24) is 10.2 Å². The van der Waals surface area contributed by atoms with Crippen LogP contribution in [0.25, 0.3) is 0 Å². The predicted molar refractivity (Wildman–Crippen MR) is 101 cm³/mol. The molecule has 0 spiro atoms. The van der Waals surface area contributed by atoms with Gasteiger partial charge in [-0.15, -0.1) is 12.4 Å². The Morgan fingerprint density at radius 3 is 2.64 bits per heavy atom. The number of hydrogen-bond donors (Lipinski definition) is 2. The summed E-state index contributed by atoms with van der Waals surface area (Å²) in [7, 11) is 0. The maximum Gasteiger partial charge on any atom is 0.292 e. The number of para-hydroxylation sites is 2. The molecule has 0 aromatic heterocycles. The van der Waals surface area contributed by atoms with Crippen LogP contribution in [0.15, 0.2) is 24.3 Å². The first-order chi connectivity index (χ1) is 11.6. The Kier molecular flexibility index (Phi) is 9.23. The van der Waals surface area contributed by atoms with Crippen LogP contribution in [0, 0.1) is 16.0 Å². The molecule has 8 heteroatoms. The predicted octanol–water partition coefficient (Wildman–Crippen LogP) is 2.67. The molecule has 0 unspecified atom stereocenters. The fourth-order valence-electron chi connectivity index (χ4n) is 2.98. The number of hydrogen-bond acceptors (Lipinski definition) is 5. The van der Waals surface area contributed by atoms with Crippen LogP contribution < -0.4 is 10.6 Å². The normalized spacial score (nSPS) is 14.7. The average Bonchev–Trinajstić information content (AvgIpc) is 2.60. The first kappa shape index (κ1) is 21.2. The highest BCUT2D eigenvalue weighted by Gasteiger charge is 2.22. The summed E-state index contributed by atoms with van der Waals surface area (Å²) in [5.74, 6) is 0.766. The summed E-state index contributed by atoms with van der Waals surface area (Å²) in [5.41, 5.74) is 0.494. The van der Waals surface area contributed by atoms with Gasteiger partial charge in [-0.05, 0) is 37.9 Å². The first-order valence-corrected chi connectivity index (χ1v) is 8.57. The van der Waals surface area contributed by atoms with Gasteiger partial charge in [-0.25, -0.2) is 0 Å². The van der Waals surface area contributed by atoms with Crippen molar-refractivity contribution in [3.63, 3.8) is 0 Å². The fraction of sp³-hybridized carbons (Fsp3) is 0.588. The zero-order valence-corrected chi connectivity index (χ0v) is 15.4. The second-order valence-electron chi connectivity index (χ2n) is 6.08. The molecule has 1 aromatic rings. The number of nitro benzene ring substituents is 1. The first-order valence-electron chi connectivity index (χ1n) is 8.57. The molecule has 25 heavy (non-hydrogen) atoms. The van der Waals surface area contributed by atoms with E-state index in [1.807, 2.05) is 4.90 Å².